The maximum absolute atomic E-state index is 13.5. The van der Waals surface area contributed by atoms with Crippen molar-refractivity contribution < 1.29 is 14.3 Å². The van der Waals surface area contributed by atoms with Crippen LogP contribution in [0.4, 0.5) is 11.8 Å². The number of nitrogen functional groups attached to an aromatic ring is 1. The molecule has 9 heteroatoms. The molecule has 1 amide bonds. The first-order valence-electron chi connectivity index (χ1n) is 11.5. The number of anilines is 2. The molecule has 1 unspecified atom stereocenters. The molecule has 2 N–H and O–H groups in total. The minimum Gasteiger partial charge on any atom is -0.493 e. The van der Waals surface area contributed by atoms with Gasteiger partial charge in [-0.15, -0.1) is 0 Å². The summed E-state index contributed by atoms with van der Waals surface area (Å²) in [4.78, 5) is 26.8. The molecule has 1 aliphatic heterocycles. The Morgan fingerprint density at radius 2 is 1.74 bits per heavy atom. The van der Waals surface area contributed by atoms with Crippen molar-refractivity contribution in [1.82, 2.24) is 14.9 Å². The Balaban J connectivity index is 1.34. The highest BCUT2D eigenvalue weighted by molar-refractivity contribution is 6.31. The van der Waals surface area contributed by atoms with Crippen molar-refractivity contribution in [3.8, 4) is 11.5 Å². The molecule has 8 nitrogen and oxygen atoms in total. The number of fused-ring (bicyclic) bond motifs is 1. The minimum absolute atomic E-state index is 0.158. The van der Waals surface area contributed by atoms with Crippen LogP contribution in [0.1, 0.15) is 24.3 Å². The molecule has 34 heavy (non-hydrogen) atoms. The monoisotopic (exact) mass is 481 g/mol. The molecule has 2 fully saturated rings. The van der Waals surface area contributed by atoms with Gasteiger partial charge < -0.3 is 25.0 Å². The van der Waals surface area contributed by atoms with Crippen LogP contribution >= 0.6 is 11.6 Å². The number of aromatic nitrogens is 2. The van der Waals surface area contributed by atoms with Gasteiger partial charge in [-0.3, -0.25) is 4.79 Å². The molecule has 1 aliphatic carbocycles. The number of nitrogens with two attached hydrogens (primary N) is 1. The molecule has 2 heterocycles. The topological polar surface area (TPSA) is 93.8 Å². The molecule has 2 aliphatic rings. The average Bonchev–Trinajstić information content (AvgIpc) is 3.69. The number of piperazine rings is 1. The Labute approximate surface area is 203 Å². The minimum atomic E-state index is -0.171. The molecule has 1 atom stereocenters. The summed E-state index contributed by atoms with van der Waals surface area (Å²) in [5, 5.41) is 1.38. The third-order valence-electron chi connectivity index (χ3n) is 6.69. The maximum Gasteiger partial charge on any atom is 0.230 e. The first kappa shape index (κ1) is 22.5. The summed E-state index contributed by atoms with van der Waals surface area (Å²) in [6.07, 6.45) is 2.14. The Morgan fingerprint density at radius 3 is 2.38 bits per heavy atom. The molecule has 3 aromatic rings. The van der Waals surface area contributed by atoms with E-state index in [1.54, 1.807) is 26.4 Å². The first-order chi connectivity index (χ1) is 16.5. The van der Waals surface area contributed by atoms with Crippen LogP contribution in [0, 0.1) is 5.92 Å². The molecule has 0 spiro atoms. The van der Waals surface area contributed by atoms with Gasteiger partial charge in [0.15, 0.2) is 11.5 Å². The van der Waals surface area contributed by atoms with Gasteiger partial charge in [0, 0.05) is 42.7 Å². The lowest BCUT2D eigenvalue weighted by molar-refractivity contribution is -0.133. The van der Waals surface area contributed by atoms with E-state index in [1.165, 1.54) is 0 Å². The number of hydrogen-bond acceptors (Lipinski definition) is 7. The van der Waals surface area contributed by atoms with Gasteiger partial charge in [0.05, 0.1) is 25.7 Å². The number of ether oxygens (including phenoxy) is 2. The van der Waals surface area contributed by atoms with Crippen molar-refractivity contribution in [3.63, 3.8) is 0 Å². The van der Waals surface area contributed by atoms with Crippen LogP contribution in [-0.2, 0) is 4.79 Å². The predicted octanol–water partition coefficient (Wildman–Crippen LogP) is 3.73. The lowest BCUT2D eigenvalue weighted by Crippen LogP contribution is -2.50. The van der Waals surface area contributed by atoms with E-state index in [-0.39, 0.29) is 11.8 Å². The second-order valence-electron chi connectivity index (χ2n) is 8.78. The van der Waals surface area contributed by atoms with Gasteiger partial charge in [-0.05, 0) is 36.5 Å². The molecule has 0 bridgehead atoms. The molecule has 1 aromatic heterocycles. The standard InChI is InChI=1S/C25H28ClN5O3/c1-33-20-13-17-19(14-21(20)34-2)28-25(29-23(17)27)31-11-9-30(10-12-31)24(32)22(15-7-8-15)16-5-3-4-6-18(16)26/h3-6,13-15,22H,7-12H2,1-2H3,(H2,27,28,29). The fourth-order valence-electron chi connectivity index (χ4n) is 4.68. The molecule has 0 radical (unpaired) electrons. The van der Waals surface area contributed by atoms with Crippen LogP contribution in [-0.4, -0.2) is 61.2 Å². The van der Waals surface area contributed by atoms with Crippen LogP contribution in [0.5, 0.6) is 11.5 Å². The Hall–Kier alpha value is -3.26. The maximum atomic E-state index is 13.5. The van der Waals surface area contributed by atoms with Crippen molar-refractivity contribution in [2.45, 2.75) is 18.8 Å². The van der Waals surface area contributed by atoms with E-state index >= 15 is 0 Å². The molecular weight excluding hydrogens is 454 g/mol. The van der Waals surface area contributed by atoms with Gasteiger partial charge >= 0.3 is 0 Å². The van der Waals surface area contributed by atoms with E-state index in [0.717, 1.165) is 18.4 Å². The van der Waals surface area contributed by atoms with Crippen molar-refractivity contribution in [3.05, 3.63) is 47.0 Å². The van der Waals surface area contributed by atoms with Crippen molar-refractivity contribution in [2.75, 3.05) is 51.0 Å². The van der Waals surface area contributed by atoms with E-state index in [0.29, 0.717) is 71.3 Å². The number of benzene rings is 2. The highest BCUT2D eigenvalue weighted by Crippen LogP contribution is 2.45. The number of rotatable bonds is 6. The largest absolute Gasteiger partial charge is 0.493 e. The van der Waals surface area contributed by atoms with Crippen molar-refractivity contribution in [2.24, 2.45) is 5.92 Å². The molecule has 178 valence electrons. The smallest absolute Gasteiger partial charge is 0.230 e. The number of methoxy groups -OCH3 is 2. The van der Waals surface area contributed by atoms with E-state index in [1.807, 2.05) is 29.2 Å². The third-order valence-corrected chi connectivity index (χ3v) is 7.04. The third kappa shape index (κ3) is 4.18. The number of nitrogens with zero attached hydrogens (tertiary/aromatic N) is 4. The Morgan fingerprint density at radius 1 is 1.06 bits per heavy atom. The van der Waals surface area contributed by atoms with Crippen molar-refractivity contribution in [1.29, 1.82) is 0 Å². The molecule has 1 saturated heterocycles. The van der Waals surface area contributed by atoms with E-state index < -0.39 is 0 Å². The summed E-state index contributed by atoms with van der Waals surface area (Å²) < 4.78 is 10.8. The molecule has 2 aromatic carbocycles. The summed E-state index contributed by atoms with van der Waals surface area (Å²) >= 11 is 6.46. The number of carbonyl (C=O) groups excluding carboxylic acids is 1. The highest BCUT2D eigenvalue weighted by atomic mass is 35.5. The summed E-state index contributed by atoms with van der Waals surface area (Å²) in [5.41, 5.74) is 7.89. The van der Waals surface area contributed by atoms with Gasteiger partial charge in [-0.1, -0.05) is 29.8 Å². The van der Waals surface area contributed by atoms with Crippen LogP contribution in [0.3, 0.4) is 0 Å². The normalized spacial score (nSPS) is 17.0. The zero-order valence-corrected chi connectivity index (χ0v) is 20.1. The average molecular weight is 482 g/mol. The number of amides is 1. The second-order valence-corrected chi connectivity index (χ2v) is 9.19. The summed E-state index contributed by atoms with van der Waals surface area (Å²) in [7, 11) is 3.16. The Kier molecular flexibility index (Phi) is 6.08. The van der Waals surface area contributed by atoms with Crippen LogP contribution in [0.2, 0.25) is 5.02 Å². The number of carbonyl (C=O) groups is 1. The van der Waals surface area contributed by atoms with E-state index in [2.05, 4.69) is 9.88 Å². The zero-order chi connectivity index (χ0) is 23.8. The fraction of sp³-hybridized carbons (Fsp3) is 0.400. The van der Waals surface area contributed by atoms with Gasteiger partial charge in [-0.2, -0.15) is 4.98 Å². The first-order valence-corrected chi connectivity index (χ1v) is 11.9. The summed E-state index contributed by atoms with van der Waals surface area (Å²) in [6, 6.07) is 11.3. The second kappa shape index (κ2) is 9.18. The summed E-state index contributed by atoms with van der Waals surface area (Å²) in [5.74, 6) is 2.46. The number of halogens is 1. The lowest BCUT2D eigenvalue weighted by atomic mass is 9.92. The molecule has 5 rings (SSSR count). The quantitative estimate of drug-likeness (QED) is 0.573. The number of hydrogen-bond donors (Lipinski definition) is 1. The zero-order valence-electron chi connectivity index (χ0n) is 19.3. The van der Waals surface area contributed by atoms with Crippen LogP contribution in [0.15, 0.2) is 36.4 Å². The lowest BCUT2D eigenvalue weighted by Gasteiger charge is -2.37. The van der Waals surface area contributed by atoms with Gasteiger partial charge in [0.2, 0.25) is 11.9 Å². The Bertz CT molecular complexity index is 1220. The van der Waals surface area contributed by atoms with Crippen LogP contribution < -0.4 is 20.1 Å². The van der Waals surface area contributed by atoms with Crippen LogP contribution in [0.25, 0.3) is 10.9 Å². The predicted molar refractivity (Wildman–Crippen MR) is 133 cm³/mol. The van der Waals surface area contributed by atoms with Gasteiger partial charge in [-0.25, -0.2) is 4.98 Å². The molecule has 1 saturated carbocycles. The SMILES string of the molecule is COc1cc2nc(N3CCN(C(=O)C(c4ccccc4Cl)C4CC4)CC3)nc(N)c2cc1OC. The van der Waals surface area contributed by atoms with Gasteiger partial charge in [0.25, 0.3) is 0 Å². The van der Waals surface area contributed by atoms with Gasteiger partial charge in [0.1, 0.15) is 5.82 Å². The molecular formula is C25H28ClN5O3. The van der Waals surface area contributed by atoms with Crippen molar-refractivity contribution >= 4 is 40.2 Å². The van der Waals surface area contributed by atoms with E-state index in [9.17, 15) is 4.79 Å². The summed E-state index contributed by atoms with van der Waals surface area (Å²) in [6.45, 7) is 2.45. The fourth-order valence-corrected chi connectivity index (χ4v) is 4.93. The van der Waals surface area contributed by atoms with E-state index in [4.69, 9.17) is 31.8 Å². The highest BCUT2D eigenvalue weighted by Gasteiger charge is 2.41.